The second kappa shape index (κ2) is 4.29. The normalized spacial score (nSPS) is 11.2. The molecular weight excluding hydrogens is 224 g/mol. The molecule has 4 nitrogen and oxygen atoms in total. The van der Waals surface area contributed by atoms with Gasteiger partial charge in [-0.25, -0.2) is 9.67 Å². The van der Waals surface area contributed by atoms with Crippen LogP contribution >= 0.6 is 0 Å². The van der Waals surface area contributed by atoms with Gasteiger partial charge in [0.2, 0.25) is 0 Å². The van der Waals surface area contributed by atoms with E-state index < -0.39 is 0 Å². The maximum atomic E-state index is 4.32. The van der Waals surface area contributed by atoms with E-state index in [0.717, 1.165) is 18.9 Å². The van der Waals surface area contributed by atoms with Crippen LogP contribution in [-0.2, 0) is 13.1 Å². The van der Waals surface area contributed by atoms with Gasteiger partial charge in [-0.1, -0.05) is 11.6 Å². The lowest BCUT2D eigenvalue weighted by molar-refractivity contribution is 0.597. The number of hydrogen-bond acceptors (Lipinski definition) is 2. The minimum Gasteiger partial charge on any atom is -0.340 e. The van der Waals surface area contributed by atoms with Crippen molar-refractivity contribution in [1.29, 1.82) is 0 Å². The molecule has 3 rings (SSSR count). The molecule has 1 aromatic carbocycles. The van der Waals surface area contributed by atoms with Crippen molar-refractivity contribution in [3.63, 3.8) is 0 Å². The summed E-state index contributed by atoms with van der Waals surface area (Å²) in [5.74, 6) is 0.996. The Morgan fingerprint density at radius 3 is 2.94 bits per heavy atom. The van der Waals surface area contributed by atoms with Gasteiger partial charge in [0.05, 0.1) is 6.54 Å². The topological polar surface area (TPSA) is 35.6 Å². The Balaban J connectivity index is 2.00. The average molecular weight is 240 g/mol. The minimum atomic E-state index is 0.764. The Hall–Kier alpha value is -2.10. The van der Waals surface area contributed by atoms with Crippen LogP contribution in [0.15, 0.2) is 36.8 Å². The third-order valence-corrected chi connectivity index (χ3v) is 3.23. The number of benzene rings is 1. The van der Waals surface area contributed by atoms with Crippen molar-refractivity contribution in [2.24, 2.45) is 0 Å². The smallest absolute Gasteiger partial charge is 0.146 e. The summed E-state index contributed by atoms with van der Waals surface area (Å²) in [7, 11) is 0. The zero-order valence-electron chi connectivity index (χ0n) is 10.7. The molecule has 0 radical (unpaired) electrons. The monoisotopic (exact) mass is 240 g/mol. The molecule has 0 atom stereocenters. The third-order valence-electron chi connectivity index (χ3n) is 3.23. The van der Waals surface area contributed by atoms with Crippen molar-refractivity contribution in [3.05, 3.63) is 48.2 Å². The summed E-state index contributed by atoms with van der Waals surface area (Å²) in [5.41, 5.74) is 2.53. The van der Waals surface area contributed by atoms with Gasteiger partial charge in [0.15, 0.2) is 0 Å². The molecule has 2 heterocycles. The predicted octanol–water partition coefficient (Wildman–Crippen LogP) is 2.61. The molecule has 0 aliphatic heterocycles. The highest BCUT2D eigenvalue weighted by Gasteiger charge is 2.06. The summed E-state index contributed by atoms with van der Waals surface area (Å²) in [4.78, 5) is 4.32. The lowest BCUT2D eigenvalue weighted by Gasteiger charge is -2.06. The maximum absolute atomic E-state index is 4.32. The van der Waals surface area contributed by atoms with E-state index in [2.05, 4.69) is 59.0 Å². The number of nitrogens with zero attached hydrogens (tertiary/aromatic N) is 4. The first-order chi connectivity index (χ1) is 8.78. The summed E-state index contributed by atoms with van der Waals surface area (Å²) in [6.45, 7) is 5.81. The van der Waals surface area contributed by atoms with E-state index in [-0.39, 0.29) is 0 Å². The fourth-order valence-corrected chi connectivity index (χ4v) is 2.28. The quantitative estimate of drug-likeness (QED) is 0.705. The summed E-state index contributed by atoms with van der Waals surface area (Å²) < 4.78 is 4.14. The predicted molar refractivity (Wildman–Crippen MR) is 71.5 cm³/mol. The fraction of sp³-hybridized carbons (Fsp3) is 0.286. The van der Waals surface area contributed by atoms with Gasteiger partial charge in [0.1, 0.15) is 12.2 Å². The lowest BCUT2D eigenvalue weighted by Crippen LogP contribution is -2.08. The number of aromatic nitrogens is 4. The van der Waals surface area contributed by atoms with Crippen LogP contribution in [0.3, 0.4) is 0 Å². The van der Waals surface area contributed by atoms with Crippen molar-refractivity contribution >= 4 is 10.9 Å². The second-order valence-electron chi connectivity index (χ2n) is 4.50. The van der Waals surface area contributed by atoms with E-state index in [4.69, 9.17) is 0 Å². The molecule has 18 heavy (non-hydrogen) atoms. The van der Waals surface area contributed by atoms with Gasteiger partial charge in [-0.15, -0.1) is 0 Å². The van der Waals surface area contributed by atoms with Crippen molar-refractivity contribution in [1.82, 2.24) is 19.3 Å². The molecule has 0 N–H and O–H groups in total. The van der Waals surface area contributed by atoms with Gasteiger partial charge in [0.25, 0.3) is 0 Å². The number of hydrogen-bond donors (Lipinski definition) is 0. The van der Waals surface area contributed by atoms with Crippen LogP contribution in [0.25, 0.3) is 10.9 Å². The third kappa shape index (κ3) is 1.79. The van der Waals surface area contributed by atoms with Crippen LogP contribution in [0.1, 0.15) is 18.3 Å². The van der Waals surface area contributed by atoms with Gasteiger partial charge in [-0.2, -0.15) is 5.10 Å². The van der Waals surface area contributed by atoms with Crippen LogP contribution in [-0.4, -0.2) is 19.3 Å². The van der Waals surface area contributed by atoms with E-state index in [1.807, 2.05) is 4.68 Å². The van der Waals surface area contributed by atoms with Gasteiger partial charge in [-0.05, 0) is 37.4 Å². The molecule has 0 saturated heterocycles. The first kappa shape index (κ1) is 11.0. The van der Waals surface area contributed by atoms with Gasteiger partial charge in [-0.3, -0.25) is 0 Å². The van der Waals surface area contributed by atoms with E-state index >= 15 is 0 Å². The number of rotatable bonds is 3. The first-order valence-corrected chi connectivity index (χ1v) is 6.20. The van der Waals surface area contributed by atoms with E-state index in [9.17, 15) is 0 Å². The summed E-state index contributed by atoms with van der Waals surface area (Å²) in [6.07, 6.45) is 3.73. The average Bonchev–Trinajstić information content (AvgIpc) is 2.96. The Labute approximate surface area is 106 Å². The Morgan fingerprint density at radius 2 is 2.11 bits per heavy atom. The summed E-state index contributed by atoms with van der Waals surface area (Å²) in [5, 5.41) is 5.48. The zero-order valence-corrected chi connectivity index (χ0v) is 10.7. The Kier molecular flexibility index (Phi) is 2.63. The maximum Gasteiger partial charge on any atom is 0.146 e. The summed E-state index contributed by atoms with van der Waals surface area (Å²) in [6, 6.07) is 8.66. The van der Waals surface area contributed by atoms with Crippen LogP contribution in [0.4, 0.5) is 0 Å². The molecule has 0 amide bonds. The molecule has 2 aromatic heterocycles. The molecule has 0 saturated carbocycles. The Bertz CT molecular complexity index is 678. The molecule has 3 aromatic rings. The zero-order chi connectivity index (χ0) is 12.5. The molecule has 0 aliphatic rings. The highest BCUT2D eigenvalue weighted by Crippen LogP contribution is 2.18. The van der Waals surface area contributed by atoms with Gasteiger partial charge in [0, 0.05) is 18.3 Å². The number of fused-ring (bicyclic) bond motifs is 1. The van der Waals surface area contributed by atoms with E-state index in [0.29, 0.717) is 0 Å². The fourth-order valence-electron chi connectivity index (χ4n) is 2.28. The molecule has 4 heteroatoms. The molecule has 92 valence electrons. The molecule has 0 aliphatic carbocycles. The number of aryl methyl sites for hydroxylation is 2. The van der Waals surface area contributed by atoms with E-state index in [1.54, 1.807) is 6.33 Å². The van der Waals surface area contributed by atoms with Crippen molar-refractivity contribution in [2.45, 2.75) is 26.9 Å². The standard InChI is InChI=1S/C14H16N4/c1-3-18-14(15-10-16-18)9-17-7-6-12-8-11(2)4-5-13(12)17/h4-8,10H,3,9H2,1-2H3. The van der Waals surface area contributed by atoms with Gasteiger partial charge < -0.3 is 4.57 Å². The van der Waals surface area contributed by atoms with Crippen LogP contribution < -0.4 is 0 Å². The molecule has 0 bridgehead atoms. The molecule has 0 fully saturated rings. The van der Waals surface area contributed by atoms with Crippen molar-refractivity contribution in [2.75, 3.05) is 0 Å². The Morgan fingerprint density at radius 1 is 1.22 bits per heavy atom. The van der Waals surface area contributed by atoms with Gasteiger partial charge >= 0.3 is 0 Å². The summed E-state index contributed by atoms with van der Waals surface area (Å²) >= 11 is 0. The van der Waals surface area contributed by atoms with Crippen molar-refractivity contribution in [3.8, 4) is 0 Å². The minimum absolute atomic E-state index is 0.764. The highest BCUT2D eigenvalue weighted by molar-refractivity contribution is 5.80. The highest BCUT2D eigenvalue weighted by atomic mass is 15.3. The van der Waals surface area contributed by atoms with Crippen LogP contribution in [0.5, 0.6) is 0 Å². The second-order valence-corrected chi connectivity index (χ2v) is 4.50. The largest absolute Gasteiger partial charge is 0.340 e. The SMILES string of the molecule is CCn1ncnc1Cn1ccc2cc(C)ccc21. The lowest BCUT2D eigenvalue weighted by atomic mass is 10.2. The van der Waals surface area contributed by atoms with Crippen molar-refractivity contribution < 1.29 is 0 Å². The molecule has 0 spiro atoms. The first-order valence-electron chi connectivity index (χ1n) is 6.20. The van der Waals surface area contributed by atoms with E-state index in [1.165, 1.54) is 16.5 Å². The molecule has 0 unspecified atom stereocenters. The van der Waals surface area contributed by atoms with Crippen LogP contribution in [0, 0.1) is 6.92 Å². The van der Waals surface area contributed by atoms with Crippen LogP contribution in [0.2, 0.25) is 0 Å². The molecular formula is C14H16N4.